The molecular weight excluding hydrogens is 404 g/mol. The van der Waals surface area contributed by atoms with Crippen LogP contribution in [0.1, 0.15) is 48.3 Å². The molecule has 1 N–H and O–H groups in total. The van der Waals surface area contributed by atoms with Crippen molar-refractivity contribution in [1.82, 2.24) is 20.1 Å². The van der Waals surface area contributed by atoms with Gasteiger partial charge in [0.25, 0.3) is 0 Å². The summed E-state index contributed by atoms with van der Waals surface area (Å²) in [7, 11) is 1.33. The number of ether oxygens (including phenoxy) is 1. The highest BCUT2D eigenvalue weighted by Gasteiger charge is 2.25. The quantitative estimate of drug-likeness (QED) is 0.568. The van der Waals surface area contributed by atoms with E-state index >= 15 is 0 Å². The minimum Gasteiger partial charge on any atom is -0.467 e. The Balaban J connectivity index is 1.87. The highest BCUT2D eigenvalue weighted by Crippen LogP contribution is 2.28. The van der Waals surface area contributed by atoms with Crippen LogP contribution in [-0.2, 0) is 20.7 Å². The number of carbonyl (C=O) groups is 2. The standard InChI is InChI=1S/C25H32N4O3/c1-14(2)23(25(31)32-7)27-21(30)13-12-20-16(4)22-18(6)28-29(24(22)26-17(20)5)19-10-8-15(3)9-11-19/h8-11,14,23H,12-13H2,1-7H3,(H,27,30)/t23-/m0/s1. The van der Waals surface area contributed by atoms with Crippen molar-refractivity contribution < 1.29 is 14.3 Å². The third-order valence-electron chi connectivity index (χ3n) is 5.89. The van der Waals surface area contributed by atoms with E-state index in [0.29, 0.717) is 6.42 Å². The zero-order chi connectivity index (χ0) is 23.6. The highest BCUT2D eigenvalue weighted by molar-refractivity contribution is 5.86. The summed E-state index contributed by atoms with van der Waals surface area (Å²) in [6, 6.07) is 7.55. The Morgan fingerprint density at radius 1 is 1.06 bits per heavy atom. The van der Waals surface area contributed by atoms with Gasteiger partial charge in [-0.2, -0.15) is 5.10 Å². The molecule has 7 nitrogen and oxygen atoms in total. The van der Waals surface area contributed by atoms with Crippen molar-refractivity contribution in [3.63, 3.8) is 0 Å². The van der Waals surface area contributed by atoms with Crippen molar-refractivity contribution >= 4 is 22.9 Å². The van der Waals surface area contributed by atoms with Crippen LogP contribution in [0, 0.1) is 33.6 Å². The SMILES string of the molecule is COC(=O)[C@@H](NC(=O)CCc1c(C)nc2c(c(C)nn2-c2ccc(C)cc2)c1C)C(C)C. The van der Waals surface area contributed by atoms with Gasteiger partial charge in [-0.3, -0.25) is 4.79 Å². The molecule has 1 aromatic carbocycles. The third-order valence-corrected chi connectivity index (χ3v) is 5.89. The number of nitrogens with one attached hydrogen (secondary N) is 1. The summed E-state index contributed by atoms with van der Waals surface area (Å²) in [5.41, 5.74) is 6.89. The van der Waals surface area contributed by atoms with Crippen molar-refractivity contribution in [2.45, 2.75) is 60.4 Å². The van der Waals surface area contributed by atoms with Crippen molar-refractivity contribution in [2.24, 2.45) is 5.92 Å². The predicted octanol–water partition coefficient (Wildman–Crippen LogP) is 3.90. The molecule has 3 aromatic rings. The lowest BCUT2D eigenvalue weighted by Gasteiger charge is -2.20. The molecule has 0 saturated carbocycles. The van der Waals surface area contributed by atoms with E-state index < -0.39 is 12.0 Å². The van der Waals surface area contributed by atoms with Gasteiger partial charge in [0.15, 0.2) is 5.65 Å². The lowest BCUT2D eigenvalue weighted by molar-refractivity contribution is -0.146. The molecule has 0 bridgehead atoms. The summed E-state index contributed by atoms with van der Waals surface area (Å²) >= 11 is 0. The number of rotatable bonds is 7. The van der Waals surface area contributed by atoms with Gasteiger partial charge in [0.05, 0.1) is 18.5 Å². The zero-order valence-corrected chi connectivity index (χ0v) is 19.9. The van der Waals surface area contributed by atoms with Crippen LogP contribution in [-0.4, -0.2) is 39.8 Å². The van der Waals surface area contributed by atoms with Crippen LogP contribution in [0.2, 0.25) is 0 Å². The number of aromatic nitrogens is 3. The predicted molar refractivity (Wildman–Crippen MR) is 125 cm³/mol. The number of fused-ring (bicyclic) bond motifs is 1. The fourth-order valence-corrected chi connectivity index (χ4v) is 4.05. The van der Waals surface area contributed by atoms with Crippen LogP contribution < -0.4 is 5.32 Å². The molecule has 32 heavy (non-hydrogen) atoms. The second kappa shape index (κ2) is 9.51. The molecule has 0 saturated heterocycles. The summed E-state index contributed by atoms with van der Waals surface area (Å²) in [6.45, 7) is 11.8. The molecule has 2 heterocycles. The molecule has 3 rings (SSSR count). The minimum absolute atomic E-state index is 0.0526. The van der Waals surface area contributed by atoms with Gasteiger partial charge in [0.1, 0.15) is 6.04 Å². The molecule has 0 radical (unpaired) electrons. The van der Waals surface area contributed by atoms with E-state index in [4.69, 9.17) is 14.8 Å². The molecule has 1 amide bonds. The summed E-state index contributed by atoms with van der Waals surface area (Å²) < 4.78 is 6.69. The second-order valence-corrected chi connectivity index (χ2v) is 8.64. The van der Waals surface area contributed by atoms with Crippen molar-refractivity contribution in [3.05, 3.63) is 52.3 Å². The fourth-order valence-electron chi connectivity index (χ4n) is 4.05. The molecule has 0 aliphatic rings. The van der Waals surface area contributed by atoms with Crippen LogP contribution in [0.15, 0.2) is 24.3 Å². The van der Waals surface area contributed by atoms with Crippen LogP contribution in [0.5, 0.6) is 0 Å². The number of benzene rings is 1. The third kappa shape index (κ3) is 4.66. The Morgan fingerprint density at radius 3 is 2.31 bits per heavy atom. The van der Waals surface area contributed by atoms with E-state index in [2.05, 4.69) is 31.3 Å². The number of esters is 1. The monoisotopic (exact) mass is 436 g/mol. The number of nitrogens with zero attached hydrogens (tertiary/aromatic N) is 3. The van der Waals surface area contributed by atoms with Gasteiger partial charge >= 0.3 is 5.97 Å². The number of aryl methyl sites for hydroxylation is 4. The first kappa shape index (κ1) is 23.4. The Kier molecular flexibility index (Phi) is 6.96. The van der Waals surface area contributed by atoms with Crippen LogP contribution in [0.3, 0.4) is 0 Å². The zero-order valence-electron chi connectivity index (χ0n) is 19.9. The molecule has 7 heteroatoms. The average molecular weight is 437 g/mol. The van der Waals surface area contributed by atoms with Gasteiger partial charge in [-0.15, -0.1) is 0 Å². The summed E-state index contributed by atoms with van der Waals surface area (Å²) in [6.07, 6.45) is 0.799. The normalized spacial score (nSPS) is 12.2. The number of carbonyl (C=O) groups excluding carboxylic acids is 2. The topological polar surface area (TPSA) is 86.1 Å². The number of methoxy groups -OCH3 is 1. The molecule has 0 aliphatic carbocycles. The van der Waals surface area contributed by atoms with Crippen molar-refractivity contribution in [3.8, 4) is 5.69 Å². The van der Waals surface area contributed by atoms with Gasteiger partial charge < -0.3 is 10.1 Å². The first-order chi connectivity index (χ1) is 15.1. The van der Waals surface area contributed by atoms with E-state index in [0.717, 1.165) is 39.2 Å². The van der Waals surface area contributed by atoms with Crippen LogP contribution in [0.25, 0.3) is 16.7 Å². The molecule has 0 aliphatic heterocycles. The summed E-state index contributed by atoms with van der Waals surface area (Å²) in [5.74, 6) is -0.661. The molecular formula is C25H32N4O3. The molecule has 1 atom stereocenters. The van der Waals surface area contributed by atoms with Gasteiger partial charge in [-0.05, 0) is 63.3 Å². The van der Waals surface area contributed by atoms with E-state index in [1.54, 1.807) is 0 Å². The van der Waals surface area contributed by atoms with Gasteiger partial charge in [0.2, 0.25) is 5.91 Å². The van der Waals surface area contributed by atoms with E-state index in [9.17, 15) is 9.59 Å². The first-order valence-corrected chi connectivity index (χ1v) is 10.9. The largest absolute Gasteiger partial charge is 0.467 e. The molecule has 2 aromatic heterocycles. The minimum atomic E-state index is -0.648. The highest BCUT2D eigenvalue weighted by atomic mass is 16.5. The fraction of sp³-hybridized carbons (Fsp3) is 0.440. The van der Waals surface area contributed by atoms with Crippen molar-refractivity contribution in [1.29, 1.82) is 0 Å². The lowest BCUT2D eigenvalue weighted by Crippen LogP contribution is -2.45. The van der Waals surface area contributed by atoms with Gasteiger partial charge in [-0.1, -0.05) is 31.5 Å². The van der Waals surface area contributed by atoms with Crippen molar-refractivity contribution in [2.75, 3.05) is 7.11 Å². The molecule has 0 fully saturated rings. The molecule has 170 valence electrons. The smallest absolute Gasteiger partial charge is 0.328 e. The van der Waals surface area contributed by atoms with E-state index in [-0.39, 0.29) is 18.2 Å². The second-order valence-electron chi connectivity index (χ2n) is 8.64. The maximum absolute atomic E-state index is 12.6. The summed E-state index contributed by atoms with van der Waals surface area (Å²) in [5, 5.41) is 8.56. The van der Waals surface area contributed by atoms with E-state index in [1.165, 1.54) is 12.7 Å². The number of amides is 1. The summed E-state index contributed by atoms with van der Waals surface area (Å²) in [4.78, 5) is 29.4. The number of hydrogen-bond donors (Lipinski definition) is 1. The van der Waals surface area contributed by atoms with E-state index in [1.807, 2.05) is 44.5 Å². The maximum Gasteiger partial charge on any atom is 0.328 e. The van der Waals surface area contributed by atoms with Gasteiger partial charge in [-0.25, -0.2) is 14.5 Å². The lowest BCUT2D eigenvalue weighted by atomic mass is 9.98. The first-order valence-electron chi connectivity index (χ1n) is 10.9. The van der Waals surface area contributed by atoms with Crippen LogP contribution >= 0.6 is 0 Å². The Bertz CT molecular complexity index is 1150. The van der Waals surface area contributed by atoms with Crippen LogP contribution in [0.4, 0.5) is 0 Å². The average Bonchev–Trinajstić information content (AvgIpc) is 3.07. The molecule has 0 spiro atoms. The number of hydrogen-bond acceptors (Lipinski definition) is 5. The number of pyridine rings is 1. The Hall–Kier alpha value is -3.22. The van der Waals surface area contributed by atoms with Gasteiger partial charge in [0, 0.05) is 17.5 Å². The molecule has 0 unspecified atom stereocenters. The maximum atomic E-state index is 12.6. The Morgan fingerprint density at radius 2 is 1.72 bits per heavy atom. The Labute approximate surface area is 189 Å².